The van der Waals surface area contributed by atoms with E-state index in [1.807, 2.05) is 36.4 Å². The van der Waals surface area contributed by atoms with Gasteiger partial charge in [-0.2, -0.15) is 0 Å². The molecular formula is C33H28N4O5S2. The Morgan fingerprint density at radius 1 is 0.841 bits per heavy atom. The van der Waals surface area contributed by atoms with Gasteiger partial charge in [-0.15, -0.1) is 11.8 Å². The van der Waals surface area contributed by atoms with Crippen molar-refractivity contribution in [2.75, 3.05) is 30.6 Å². The van der Waals surface area contributed by atoms with Crippen LogP contribution in [0.3, 0.4) is 0 Å². The summed E-state index contributed by atoms with van der Waals surface area (Å²) < 4.78 is 11.4. The van der Waals surface area contributed by atoms with Gasteiger partial charge in [0.2, 0.25) is 5.91 Å². The molecule has 3 amide bonds. The van der Waals surface area contributed by atoms with E-state index in [1.54, 1.807) is 81.0 Å². The summed E-state index contributed by atoms with van der Waals surface area (Å²) in [6.45, 7) is 0. The topological polar surface area (TPSA) is 119 Å². The molecule has 0 aliphatic heterocycles. The zero-order chi connectivity index (χ0) is 30.9. The van der Waals surface area contributed by atoms with Crippen molar-refractivity contribution in [3.8, 4) is 11.5 Å². The van der Waals surface area contributed by atoms with Crippen molar-refractivity contribution in [1.82, 2.24) is 10.3 Å². The third kappa shape index (κ3) is 8.03. The van der Waals surface area contributed by atoms with Crippen molar-refractivity contribution in [3.05, 3.63) is 114 Å². The highest BCUT2D eigenvalue weighted by Gasteiger charge is 2.16. The summed E-state index contributed by atoms with van der Waals surface area (Å²) in [5, 5.41) is 8.93. The molecule has 0 saturated heterocycles. The van der Waals surface area contributed by atoms with Gasteiger partial charge in [-0.3, -0.25) is 14.4 Å². The Kier molecular flexibility index (Phi) is 9.90. The Labute approximate surface area is 262 Å². The van der Waals surface area contributed by atoms with Gasteiger partial charge in [-0.25, -0.2) is 4.98 Å². The zero-order valence-electron chi connectivity index (χ0n) is 23.8. The second-order valence-electron chi connectivity index (χ2n) is 9.32. The minimum Gasteiger partial charge on any atom is -0.497 e. The van der Waals surface area contributed by atoms with Crippen LogP contribution in [0.2, 0.25) is 0 Å². The quantitative estimate of drug-likeness (QED) is 0.114. The van der Waals surface area contributed by atoms with Crippen LogP contribution in [0.1, 0.15) is 15.9 Å². The molecule has 0 spiro atoms. The first-order valence-corrected chi connectivity index (χ1v) is 15.2. The fourth-order valence-electron chi connectivity index (χ4n) is 4.03. The van der Waals surface area contributed by atoms with E-state index in [0.29, 0.717) is 27.7 Å². The van der Waals surface area contributed by atoms with Crippen LogP contribution in [0.15, 0.2) is 108 Å². The summed E-state index contributed by atoms with van der Waals surface area (Å²) >= 11 is 2.74. The predicted octanol–water partition coefficient (Wildman–Crippen LogP) is 6.45. The van der Waals surface area contributed by atoms with Crippen LogP contribution in [0.4, 0.5) is 10.8 Å². The number of nitrogens with one attached hydrogen (secondary N) is 3. The highest BCUT2D eigenvalue weighted by Crippen LogP contribution is 2.29. The largest absolute Gasteiger partial charge is 0.497 e. The van der Waals surface area contributed by atoms with Crippen molar-refractivity contribution in [2.24, 2.45) is 0 Å². The SMILES string of the molecule is COc1ccc(/C=C(\NC(=O)c2ccccc2)C(=O)Nc2ccc(SCC(=O)Nc3nc4ccc(OC)cc4s3)cc2)cc1. The minimum absolute atomic E-state index is 0.0763. The third-order valence-electron chi connectivity index (χ3n) is 6.28. The van der Waals surface area contributed by atoms with Crippen LogP contribution in [0.25, 0.3) is 16.3 Å². The minimum atomic E-state index is -0.488. The number of fused-ring (bicyclic) bond motifs is 1. The molecule has 0 bridgehead atoms. The molecule has 4 aromatic carbocycles. The molecule has 222 valence electrons. The Bertz CT molecular complexity index is 1800. The summed E-state index contributed by atoms with van der Waals surface area (Å²) in [6, 6.07) is 28.4. The standard InChI is InChI=1S/C33H28N4O5S2/c1-41-24-12-8-21(9-13-24)18-28(35-31(39)22-6-4-3-5-7-22)32(40)34-23-10-15-26(16-11-23)43-20-30(38)37-33-36-27-17-14-25(42-2)19-29(27)44-33/h3-19H,20H2,1-2H3,(H,34,40)(H,35,39)(H,36,37,38)/b28-18-. The van der Waals surface area contributed by atoms with E-state index in [2.05, 4.69) is 20.9 Å². The number of hydrogen-bond donors (Lipinski definition) is 3. The lowest BCUT2D eigenvalue weighted by molar-refractivity contribution is -0.114. The lowest BCUT2D eigenvalue weighted by atomic mass is 10.1. The van der Waals surface area contributed by atoms with Crippen molar-refractivity contribution < 1.29 is 23.9 Å². The Morgan fingerprint density at radius 3 is 2.25 bits per heavy atom. The number of aromatic nitrogens is 1. The van der Waals surface area contributed by atoms with Crippen LogP contribution in [0, 0.1) is 0 Å². The van der Waals surface area contributed by atoms with E-state index >= 15 is 0 Å². The predicted molar refractivity (Wildman–Crippen MR) is 175 cm³/mol. The van der Waals surface area contributed by atoms with Gasteiger partial charge in [-0.05, 0) is 78.4 Å². The number of thioether (sulfide) groups is 1. The first kappa shape index (κ1) is 30.3. The first-order chi connectivity index (χ1) is 21.4. The number of ether oxygens (including phenoxy) is 2. The maximum absolute atomic E-state index is 13.3. The molecule has 5 aromatic rings. The molecule has 0 unspecified atom stereocenters. The first-order valence-electron chi connectivity index (χ1n) is 13.4. The maximum atomic E-state index is 13.3. The van der Waals surface area contributed by atoms with Gasteiger partial charge in [0.15, 0.2) is 5.13 Å². The molecule has 0 aliphatic rings. The van der Waals surface area contributed by atoms with E-state index in [1.165, 1.54) is 23.1 Å². The number of anilines is 2. The summed E-state index contributed by atoms with van der Waals surface area (Å²) in [5.74, 6) is 0.520. The number of hydrogen-bond acceptors (Lipinski definition) is 8. The average Bonchev–Trinajstić information content (AvgIpc) is 3.46. The maximum Gasteiger partial charge on any atom is 0.272 e. The van der Waals surface area contributed by atoms with Gasteiger partial charge in [0, 0.05) is 16.1 Å². The molecule has 0 fully saturated rings. The van der Waals surface area contributed by atoms with Gasteiger partial charge >= 0.3 is 0 Å². The van der Waals surface area contributed by atoms with Crippen LogP contribution in [-0.2, 0) is 9.59 Å². The Balaban J connectivity index is 1.20. The molecule has 0 atom stereocenters. The van der Waals surface area contributed by atoms with Crippen molar-refractivity contribution in [3.63, 3.8) is 0 Å². The van der Waals surface area contributed by atoms with Gasteiger partial charge in [0.05, 0.1) is 30.2 Å². The van der Waals surface area contributed by atoms with Crippen molar-refractivity contribution in [1.29, 1.82) is 0 Å². The van der Waals surface area contributed by atoms with Crippen LogP contribution >= 0.6 is 23.1 Å². The lowest BCUT2D eigenvalue weighted by Crippen LogP contribution is -2.30. The van der Waals surface area contributed by atoms with Crippen LogP contribution in [0.5, 0.6) is 11.5 Å². The van der Waals surface area contributed by atoms with E-state index in [-0.39, 0.29) is 17.4 Å². The molecule has 1 heterocycles. The molecule has 44 heavy (non-hydrogen) atoms. The highest BCUT2D eigenvalue weighted by atomic mass is 32.2. The molecule has 0 saturated carbocycles. The van der Waals surface area contributed by atoms with Crippen LogP contribution in [-0.4, -0.2) is 42.7 Å². The summed E-state index contributed by atoms with van der Waals surface area (Å²) in [7, 11) is 3.18. The number of carbonyl (C=O) groups is 3. The fourth-order valence-corrected chi connectivity index (χ4v) is 5.64. The van der Waals surface area contributed by atoms with Crippen LogP contribution < -0.4 is 25.4 Å². The summed E-state index contributed by atoms with van der Waals surface area (Å²) in [5.41, 5.74) is 2.53. The second kappa shape index (κ2) is 14.4. The number of amides is 3. The van der Waals surface area contributed by atoms with E-state index in [0.717, 1.165) is 20.9 Å². The van der Waals surface area contributed by atoms with E-state index in [4.69, 9.17) is 9.47 Å². The molecule has 0 aliphatic carbocycles. The molecule has 3 N–H and O–H groups in total. The number of benzene rings is 4. The number of methoxy groups -OCH3 is 2. The number of rotatable bonds is 11. The van der Waals surface area contributed by atoms with Gasteiger partial charge in [-0.1, -0.05) is 41.7 Å². The summed E-state index contributed by atoms with van der Waals surface area (Å²) in [4.78, 5) is 44.0. The van der Waals surface area contributed by atoms with Gasteiger partial charge in [0.25, 0.3) is 11.8 Å². The van der Waals surface area contributed by atoms with Crippen molar-refractivity contribution in [2.45, 2.75) is 4.90 Å². The highest BCUT2D eigenvalue weighted by molar-refractivity contribution is 8.00. The zero-order valence-corrected chi connectivity index (χ0v) is 25.5. The number of carbonyl (C=O) groups excluding carboxylic acids is 3. The van der Waals surface area contributed by atoms with Gasteiger partial charge < -0.3 is 25.4 Å². The average molecular weight is 625 g/mol. The fraction of sp³-hybridized carbons (Fsp3) is 0.0909. The molecule has 1 aromatic heterocycles. The number of thiazole rings is 1. The van der Waals surface area contributed by atoms with Gasteiger partial charge in [0.1, 0.15) is 17.2 Å². The second-order valence-corrected chi connectivity index (χ2v) is 11.4. The smallest absolute Gasteiger partial charge is 0.272 e. The van der Waals surface area contributed by atoms with E-state index in [9.17, 15) is 14.4 Å². The summed E-state index contributed by atoms with van der Waals surface area (Å²) in [6.07, 6.45) is 1.60. The monoisotopic (exact) mass is 624 g/mol. The van der Waals surface area contributed by atoms with Crippen molar-refractivity contribution >= 4 is 67.9 Å². The normalized spacial score (nSPS) is 11.1. The molecule has 0 radical (unpaired) electrons. The third-order valence-corrected chi connectivity index (χ3v) is 8.23. The molecule has 11 heteroatoms. The Morgan fingerprint density at radius 2 is 1.55 bits per heavy atom. The Hall–Kier alpha value is -5.13. The molecular weight excluding hydrogens is 597 g/mol. The number of nitrogens with zero attached hydrogens (tertiary/aromatic N) is 1. The van der Waals surface area contributed by atoms with E-state index < -0.39 is 11.8 Å². The lowest BCUT2D eigenvalue weighted by Gasteiger charge is -2.12. The molecule has 5 rings (SSSR count). The molecule has 9 nitrogen and oxygen atoms in total.